The molecule has 5 nitrogen and oxygen atoms in total. The number of aromatic nitrogens is 2. The summed E-state index contributed by atoms with van der Waals surface area (Å²) in [4.78, 5) is 16.0. The third-order valence-electron chi connectivity index (χ3n) is 4.45. The predicted molar refractivity (Wildman–Crippen MR) is 98.2 cm³/mol. The van der Waals surface area contributed by atoms with Gasteiger partial charge in [0.15, 0.2) is 5.69 Å². The Hall–Kier alpha value is -1.66. The average Bonchev–Trinajstić information content (AvgIpc) is 3.17. The number of carbonyl (C=O) groups excluding carboxylic acids is 1. The molecular weight excluding hydrogens is 320 g/mol. The van der Waals surface area contributed by atoms with Gasteiger partial charge in [0.25, 0.3) is 5.91 Å². The number of hydrogen-bond donors (Lipinski definition) is 2. The number of likely N-dealkylation sites (tertiary alicyclic amines) is 1. The summed E-state index contributed by atoms with van der Waals surface area (Å²) in [5.74, 6) is 1.35. The second-order valence-corrected chi connectivity index (χ2v) is 8.13. The molecule has 6 heteroatoms. The molecule has 3 atom stereocenters. The summed E-state index contributed by atoms with van der Waals surface area (Å²) >= 11 is 1.63. The lowest BCUT2D eigenvalue weighted by Crippen LogP contribution is -2.47. The van der Waals surface area contributed by atoms with E-state index in [1.807, 2.05) is 23.6 Å². The molecule has 2 aromatic rings. The lowest BCUT2D eigenvalue weighted by molar-refractivity contribution is 0.0900. The molecule has 1 fully saturated rings. The fourth-order valence-electron chi connectivity index (χ4n) is 3.67. The second kappa shape index (κ2) is 7.49. The van der Waals surface area contributed by atoms with Crippen LogP contribution in [0, 0.1) is 11.8 Å². The molecule has 0 aliphatic carbocycles. The molecular formula is C18H26N4OS. The average molecular weight is 347 g/mol. The maximum absolute atomic E-state index is 12.4. The first-order valence-corrected chi connectivity index (χ1v) is 9.51. The Kier molecular flexibility index (Phi) is 5.36. The summed E-state index contributed by atoms with van der Waals surface area (Å²) in [6.45, 7) is 9.81. The van der Waals surface area contributed by atoms with E-state index >= 15 is 0 Å². The summed E-state index contributed by atoms with van der Waals surface area (Å²) < 4.78 is 0. The predicted octanol–water partition coefficient (Wildman–Crippen LogP) is 3.23. The van der Waals surface area contributed by atoms with Crippen LogP contribution in [0.4, 0.5) is 0 Å². The van der Waals surface area contributed by atoms with Crippen LogP contribution in [-0.2, 0) is 0 Å². The summed E-state index contributed by atoms with van der Waals surface area (Å²) in [5.41, 5.74) is 1.34. The van der Waals surface area contributed by atoms with Crippen molar-refractivity contribution in [3.05, 3.63) is 29.3 Å². The normalized spacial score (nSPS) is 23.1. The van der Waals surface area contributed by atoms with Crippen molar-refractivity contribution >= 4 is 17.2 Å². The summed E-state index contributed by atoms with van der Waals surface area (Å²) in [6.07, 6.45) is 1.30. The summed E-state index contributed by atoms with van der Waals surface area (Å²) in [7, 11) is 0. The summed E-state index contributed by atoms with van der Waals surface area (Å²) in [6, 6.07) is 5.93. The Labute approximate surface area is 147 Å². The molecule has 0 saturated carbocycles. The van der Waals surface area contributed by atoms with Gasteiger partial charge in [0, 0.05) is 25.7 Å². The number of carbonyl (C=O) groups is 1. The van der Waals surface area contributed by atoms with Crippen molar-refractivity contribution in [2.24, 2.45) is 11.8 Å². The fourth-order valence-corrected chi connectivity index (χ4v) is 4.36. The molecule has 130 valence electrons. The van der Waals surface area contributed by atoms with Crippen LogP contribution in [0.2, 0.25) is 0 Å². The first-order chi connectivity index (χ1) is 11.5. The second-order valence-electron chi connectivity index (χ2n) is 7.18. The quantitative estimate of drug-likeness (QED) is 0.874. The van der Waals surface area contributed by atoms with Gasteiger partial charge >= 0.3 is 0 Å². The fraction of sp³-hybridized carbons (Fsp3) is 0.556. The lowest BCUT2D eigenvalue weighted by Gasteiger charge is -2.36. The molecule has 1 saturated heterocycles. The molecule has 0 bridgehead atoms. The van der Waals surface area contributed by atoms with Crippen molar-refractivity contribution in [3.63, 3.8) is 0 Å². The van der Waals surface area contributed by atoms with E-state index in [-0.39, 0.29) is 11.9 Å². The lowest BCUT2D eigenvalue weighted by atomic mass is 9.92. The van der Waals surface area contributed by atoms with Gasteiger partial charge in [0.2, 0.25) is 0 Å². The highest BCUT2D eigenvalue weighted by Crippen LogP contribution is 2.23. The zero-order chi connectivity index (χ0) is 17.1. The van der Waals surface area contributed by atoms with E-state index in [0.717, 1.165) is 42.0 Å². The molecule has 3 rings (SSSR count). The Balaban J connectivity index is 1.54. The number of thiophene rings is 1. The Morgan fingerprint density at radius 1 is 1.46 bits per heavy atom. The number of nitrogens with one attached hydrogen (secondary N) is 2. The van der Waals surface area contributed by atoms with Crippen LogP contribution in [0.1, 0.15) is 37.7 Å². The number of piperidine rings is 1. The van der Waals surface area contributed by atoms with Crippen LogP contribution >= 0.6 is 11.3 Å². The van der Waals surface area contributed by atoms with Crippen molar-refractivity contribution in [1.82, 2.24) is 20.4 Å². The van der Waals surface area contributed by atoms with Crippen molar-refractivity contribution in [2.75, 3.05) is 19.6 Å². The molecule has 3 unspecified atom stereocenters. The van der Waals surface area contributed by atoms with E-state index in [1.54, 1.807) is 11.3 Å². The van der Waals surface area contributed by atoms with Gasteiger partial charge in [-0.15, -0.1) is 11.3 Å². The minimum atomic E-state index is -0.111. The largest absolute Gasteiger partial charge is 0.347 e. The Bertz CT molecular complexity index is 656. The minimum absolute atomic E-state index is 0.108. The SMILES string of the molecule is CC1CC(C)CN(CC(C)NC(=O)c2cc(-c3cccs3)[nH]n2)C1. The molecule has 24 heavy (non-hydrogen) atoms. The van der Waals surface area contributed by atoms with Gasteiger partial charge in [-0.1, -0.05) is 19.9 Å². The van der Waals surface area contributed by atoms with Crippen LogP contribution in [0.3, 0.4) is 0 Å². The van der Waals surface area contributed by atoms with Crippen LogP contribution in [0.25, 0.3) is 10.6 Å². The van der Waals surface area contributed by atoms with Gasteiger partial charge in [0.1, 0.15) is 0 Å². The van der Waals surface area contributed by atoms with Crippen molar-refractivity contribution in [2.45, 2.75) is 33.2 Å². The molecule has 1 amide bonds. The maximum Gasteiger partial charge on any atom is 0.272 e. The molecule has 1 aliphatic heterocycles. The standard InChI is InChI=1S/C18H26N4OS/c1-12-7-13(2)10-22(9-12)11-14(3)19-18(23)16-8-15(20-21-16)17-5-4-6-24-17/h4-6,8,12-14H,7,9-11H2,1-3H3,(H,19,23)(H,20,21). The van der Waals surface area contributed by atoms with E-state index in [4.69, 9.17) is 0 Å². The molecule has 1 aliphatic rings. The number of H-pyrrole nitrogens is 1. The van der Waals surface area contributed by atoms with Crippen molar-refractivity contribution in [3.8, 4) is 10.6 Å². The van der Waals surface area contributed by atoms with Gasteiger partial charge in [-0.25, -0.2) is 0 Å². The van der Waals surface area contributed by atoms with Crippen molar-refractivity contribution in [1.29, 1.82) is 0 Å². The zero-order valence-corrected chi connectivity index (χ0v) is 15.4. The Morgan fingerprint density at radius 2 is 2.21 bits per heavy atom. The molecule has 3 heterocycles. The molecule has 0 aromatic carbocycles. The van der Waals surface area contributed by atoms with E-state index in [1.165, 1.54) is 6.42 Å². The van der Waals surface area contributed by atoms with Crippen LogP contribution in [-0.4, -0.2) is 46.7 Å². The highest BCUT2D eigenvalue weighted by Gasteiger charge is 2.23. The van der Waals surface area contributed by atoms with E-state index in [9.17, 15) is 4.79 Å². The van der Waals surface area contributed by atoms with E-state index < -0.39 is 0 Å². The third kappa shape index (κ3) is 4.24. The monoisotopic (exact) mass is 346 g/mol. The number of rotatable bonds is 5. The van der Waals surface area contributed by atoms with Gasteiger partial charge in [0.05, 0.1) is 10.6 Å². The van der Waals surface area contributed by atoms with Gasteiger partial charge in [-0.3, -0.25) is 9.89 Å². The van der Waals surface area contributed by atoms with Gasteiger partial charge in [-0.2, -0.15) is 5.10 Å². The van der Waals surface area contributed by atoms with E-state index in [2.05, 4.69) is 41.2 Å². The highest BCUT2D eigenvalue weighted by molar-refractivity contribution is 7.13. The third-order valence-corrected chi connectivity index (χ3v) is 5.35. The maximum atomic E-state index is 12.4. The number of hydrogen-bond acceptors (Lipinski definition) is 4. The first-order valence-electron chi connectivity index (χ1n) is 8.63. The number of nitrogens with zero attached hydrogens (tertiary/aromatic N) is 2. The highest BCUT2D eigenvalue weighted by atomic mass is 32.1. The molecule has 0 spiro atoms. The first kappa shape index (κ1) is 17.2. The van der Waals surface area contributed by atoms with E-state index in [0.29, 0.717) is 5.69 Å². The Morgan fingerprint density at radius 3 is 2.88 bits per heavy atom. The molecule has 2 aromatic heterocycles. The molecule has 0 radical (unpaired) electrons. The van der Waals surface area contributed by atoms with Crippen LogP contribution in [0.5, 0.6) is 0 Å². The zero-order valence-electron chi connectivity index (χ0n) is 14.6. The van der Waals surface area contributed by atoms with Crippen LogP contribution < -0.4 is 5.32 Å². The number of amides is 1. The topological polar surface area (TPSA) is 61.0 Å². The summed E-state index contributed by atoms with van der Waals surface area (Å²) in [5, 5.41) is 12.2. The van der Waals surface area contributed by atoms with Crippen molar-refractivity contribution < 1.29 is 4.79 Å². The van der Waals surface area contributed by atoms with Crippen LogP contribution in [0.15, 0.2) is 23.6 Å². The van der Waals surface area contributed by atoms with Gasteiger partial charge in [-0.05, 0) is 42.7 Å². The number of aromatic amines is 1. The van der Waals surface area contributed by atoms with Gasteiger partial charge < -0.3 is 10.2 Å². The molecule has 2 N–H and O–H groups in total. The minimum Gasteiger partial charge on any atom is -0.347 e. The smallest absolute Gasteiger partial charge is 0.272 e.